The second kappa shape index (κ2) is 11.7. The van der Waals surface area contributed by atoms with E-state index >= 15 is 0 Å². The molecule has 1 amide bonds. The first-order valence-corrected chi connectivity index (χ1v) is 14.0. The van der Waals surface area contributed by atoms with Crippen molar-refractivity contribution in [3.8, 4) is 5.75 Å². The van der Waals surface area contributed by atoms with Crippen molar-refractivity contribution in [2.75, 3.05) is 6.61 Å². The lowest BCUT2D eigenvalue weighted by Crippen LogP contribution is -2.40. The summed E-state index contributed by atoms with van der Waals surface area (Å²) in [5, 5.41) is 29.3. The zero-order valence-corrected chi connectivity index (χ0v) is 23.2. The van der Waals surface area contributed by atoms with Crippen molar-refractivity contribution in [1.29, 1.82) is 0 Å². The molecule has 2 fully saturated rings. The number of ether oxygens (including phenoxy) is 2. The van der Waals surface area contributed by atoms with Crippen LogP contribution in [0.3, 0.4) is 0 Å². The van der Waals surface area contributed by atoms with E-state index in [1.165, 1.54) is 5.56 Å². The lowest BCUT2D eigenvalue weighted by molar-refractivity contribution is -0.00547. The predicted molar refractivity (Wildman–Crippen MR) is 144 cm³/mol. The first-order valence-electron chi connectivity index (χ1n) is 14.0. The third-order valence-electron chi connectivity index (χ3n) is 8.04. The van der Waals surface area contributed by atoms with Crippen LogP contribution in [0, 0.1) is 0 Å². The fraction of sp³-hybridized carbons (Fsp3) is 0.607. The van der Waals surface area contributed by atoms with E-state index in [2.05, 4.69) is 56.4 Å². The van der Waals surface area contributed by atoms with Gasteiger partial charge < -0.3 is 24.5 Å². The Bertz CT molecular complexity index is 1260. The molecule has 1 aliphatic heterocycles. The Hall–Kier alpha value is -3.47. The van der Waals surface area contributed by atoms with Crippen molar-refractivity contribution in [3.05, 3.63) is 53.4 Å². The van der Waals surface area contributed by atoms with Gasteiger partial charge in [0.1, 0.15) is 23.4 Å². The van der Waals surface area contributed by atoms with Gasteiger partial charge in [-0.05, 0) is 69.1 Å². The molecule has 2 aliphatic rings. The van der Waals surface area contributed by atoms with Gasteiger partial charge in [-0.25, -0.2) is 9.48 Å². The second-order valence-corrected chi connectivity index (χ2v) is 11.1. The van der Waals surface area contributed by atoms with E-state index in [0.717, 1.165) is 61.6 Å². The topological polar surface area (TPSA) is 129 Å². The van der Waals surface area contributed by atoms with Gasteiger partial charge in [-0.3, -0.25) is 0 Å². The van der Waals surface area contributed by atoms with E-state index in [1.54, 1.807) is 0 Å². The monoisotopic (exact) mass is 537 g/mol. The molecule has 2 aromatic heterocycles. The number of hydrogen-bond donors (Lipinski definition) is 2. The van der Waals surface area contributed by atoms with Gasteiger partial charge in [0.15, 0.2) is 11.9 Å². The minimum Gasteiger partial charge on any atom is -0.483 e. The normalized spacial score (nSPS) is 24.4. The lowest BCUT2D eigenvalue weighted by atomic mass is 9.85. The van der Waals surface area contributed by atoms with Crippen LogP contribution in [0.4, 0.5) is 4.79 Å². The number of nitrogens with zero attached hydrogens (tertiary/aromatic N) is 6. The van der Waals surface area contributed by atoms with Crippen LogP contribution in [-0.4, -0.2) is 53.6 Å². The minimum absolute atomic E-state index is 0.143. The van der Waals surface area contributed by atoms with Crippen LogP contribution in [0.1, 0.15) is 112 Å². The molecule has 1 aromatic carbocycles. The van der Waals surface area contributed by atoms with Gasteiger partial charge in [0.05, 0.1) is 24.9 Å². The maximum Gasteiger partial charge on any atom is 0.404 e. The van der Waals surface area contributed by atoms with Crippen molar-refractivity contribution >= 4 is 6.09 Å². The molecular weight excluding hydrogens is 498 g/mol. The number of carbonyl (C=O) groups is 1. The van der Waals surface area contributed by atoms with Crippen molar-refractivity contribution in [2.45, 2.75) is 95.4 Å². The molecule has 1 saturated heterocycles. The number of nitrogens with one attached hydrogen (secondary N) is 1. The smallest absolute Gasteiger partial charge is 0.404 e. The molecular formula is C28H39N7O4. The van der Waals surface area contributed by atoms with E-state index in [9.17, 15) is 4.79 Å². The van der Waals surface area contributed by atoms with E-state index in [1.807, 2.05) is 37.0 Å². The van der Waals surface area contributed by atoms with Gasteiger partial charge in [-0.15, -0.1) is 15.3 Å². The molecule has 11 heteroatoms. The Kier molecular flexibility index (Phi) is 8.15. The van der Waals surface area contributed by atoms with Gasteiger partial charge in [0.25, 0.3) is 0 Å². The number of benzene rings is 1. The second-order valence-electron chi connectivity index (χ2n) is 11.1. The number of amides is 1. The van der Waals surface area contributed by atoms with Crippen molar-refractivity contribution in [2.24, 2.45) is 7.05 Å². The Morgan fingerprint density at radius 2 is 1.90 bits per heavy atom. The predicted octanol–water partition coefficient (Wildman–Crippen LogP) is 5.06. The fourth-order valence-electron chi connectivity index (χ4n) is 5.76. The summed E-state index contributed by atoms with van der Waals surface area (Å²) < 4.78 is 16.2. The fourth-order valence-corrected chi connectivity index (χ4v) is 5.76. The summed E-state index contributed by atoms with van der Waals surface area (Å²) in [6.07, 6.45) is 6.04. The zero-order valence-electron chi connectivity index (χ0n) is 23.2. The lowest BCUT2D eigenvalue weighted by Gasteiger charge is -2.28. The summed E-state index contributed by atoms with van der Waals surface area (Å²) in [5.74, 6) is 3.47. The Labute approximate surface area is 228 Å². The quantitative estimate of drug-likeness (QED) is 0.408. The van der Waals surface area contributed by atoms with Crippen LogP contribution in [0.2, 0.25) is 0 Å². The highest BCUT2D eigenvalue weighted by atomic mass is 16.5. The van der Waals surface area contributed by atoms with Crippen LogP contribution in [0.5, 0.6) is 5.75 Å². The van der Waals surface area contributed by atoms with Gasteiger partial charge in [0, 0.05) is 13.0 Å². The molecule has 0 spiro atoms. The van der Waals surface area contributed by atoms with Crippen LogP contribution >= 0.6 is 0 Å². The molecule has 2 N–H and O–H groups in total. The highest BCUT2D eigenvalue weighted by Crippen LogP contribution is 2.38. The molecule has 210 valence electrons. The van der Waals surface area contributed by atoms with Crippen LogP contribution < -0.4 is 10.1 Å². The van der Waals surface area contributed by atoms with Crippen molar-refractivity contribution in [3.63, 3.8) is 0 Å². The average molecular weight is 538 g/mol. The van der Waals surface area contributed by atoms with Crippen molar-refractivity contribution < 1.29 is 19.4 Å². The van der Waals surface area contributed by atoms with Gasteiger partial charge in [-0.1, -0.05) is 31.2 Å². The molecule has 1 unspecified atom stereocenters. The highest BCUT2D eigenvalue weighted by Gasteiger charge is 2.31. The van der Waals surface area contributed by atoms with E-state index in [-0.39, 0.29) is 24.3 Å². The highest BCUT2D eigenvalue weighted by molar-refractivity contribution is 5.64. The van der Waals surface area contributed by atoms with E-state index in [4.69, 9.17) is 14.6 Å². The molecule has 0 radical (unpaired) electrons. The first kappa shape index (κ1) is 27.1. The van der Waals surface area contributed by atoms with Gasteiger partial charge >= 0.3 is 6.09 Å². The summed E-state index contributed by atoms with van der Waals surface area (Å²) in [4.78, 5) is 10.9. The van der Waals surface area contributed by atoms with Crippen molar-refractivity contribution in [1.82, 2.24) is 35.1 Å². The van der Waals surface area contributed by atoms with Crippen LogP contribution in [0.15, 0.2) is 30.5 Å². The number of carboxylic acid groups (broad SMARTS) is 1. The zero-order chi connectivity index (χ0) is 27.5. The van der Waals surface area contributed by atoms with Gasteiger partial charge in [0.2, 0.25) is 0 Å². The minimum atomic E-state index is -1.02. The third-order valence-corrected chi connectivity index (χ3v) is 8.04. The molecule has 0 bridgehead atoms. The molecule has 1 saturated carbocycles. The Morgan fingerprint density at radius 3 is 2.59 bits per heavy atom. The molecule has 3 aromatic rings. The molecule has 11 nitrogen and oxygen atoms in total. The molecule has 3 heterocycles. The van der Waals surface area contributed by atoms with Crippen LogP contribution in [0.25, 0.3) is 0 Å². The average Bonchev–Trinajstić information content (AvgIpc) is 3.56. The maximum atomic E-state index is 10.9. The molecule has 1 aliphatic carbocycles. The maximum absolute atomic E-state index is 10.9. The molecule has 3 atom stereocenters. The largest absolute Gasteiger partial charge is 0.483 e. The summed E-state index contributed by atoms with van der Waals surface area (Å²) in [6, 6.07) is 8.37. The number of aromatic nitrogens is 6. The summed E-state index contributed by atoms with van der Waals surface area (Å²) in [6.45, 7) is 6.73. The standard InChI is InChI=1S/C28H39N7O4/c1-17(2)20-6-5-7-23(14-20)39-18(3)26-31-32-27(34(26)4)19-8-11-22(12-9-19)35-15-24(30-33-35)25-13-10-21(16-38-25)29-28(36)37/h5-7,14-15,17-19,21-22,25,29H,8-13,16H2,1-4H3,(H,36,37)/t18?,19-,21-,22-,25+/m1/s1. The summed E-state index contributed by atoms with van der Waals surface area (Å²) in [5.41, 5.74) is 2.07. The van der Waals surface area contributed by atoms with Crippen LogP contribution in [-0.2, 0) is 11.8 Å². The summed E-state index contributed by atoms with van der Waals surface area (Å²) >= 11 is 0. The van der Waals surface area contributed by atoms with E-state index < -0.39 is 6.09 Å². The Morgan fingerprint density at radius 1 is 1.10 bits per heavy atom. The Balaban J connectivity index is 1.15. The molecule has 5 rings (SSSR count). The molecule has 39 heavy (non-hydrogen) atoms. The number of rotatable bonds is 8. The SMILES string of the molecule is CC(C)c1cccc(OC(C)c2nnc([C@H]3CC[C@H](n4cc([C@@H]5CC[C@@H](NC(=O)O)CO5)nn4)CC3)n2C)c1. The first-order chi connectivity index (χ1) is 18.8. The third kappa shape index (κ3) is 6.24. The van der Waals surface area contributed by atoms with E-state index in [0.29, 0.717) is 18.4 Å². The van der Waals surface area contributed by atoms with Gasteiger partial charge in [-0.2, -0.15) is 0 Å². The number of hydrogen-bond acceptors (Lipinski definition) is 7. The summed E-state index contributed by atoms with van der Waals surface area (Å²) in [7, 11) is 2.03.